The fourth-order valence-electron chi connectivity index (χ4n) is 2.31. The highest BCUT2D eigenvalue weighted by Crippen LogP contribution is 2.30. The van der Waals surface area contributed by atoms with Crippen molar-refractivity contribution in [3.8, 4) is 0 Å². The molecule has 0 saturated heterocycles. The molecule has 3 N–H and O–H groups in total. The molecule has 1 aliphatic carbocycles. The van der Waals surface area contributed by atoms with E-state index in [2.05, 4.69) is 20.6 Å². The Bertz CT molecular complexity index is 670. The zero-order valence-corrected chi connectivity index (χ0v) is 13.3. The second kappa shape index (κ2) is 6.75. The summed E-state index contributed by atoms with van der Waals surface area (Å²) < 4.78 is 2.09. The van der Waals surface area contributed by atoms with Crippen LogP contribution in [-0.2, 0) is 0 Å². The van der Waals surface area contributed by atoms with Crippen molar-refractivity contribution >= 4 is 22.6 Å². The largest absolute Gasteiger partial charge is 0.392 e. The van der Waals surface area contributed by atoms with Crippen molar-refractivity contribution < 1.29 is 15.3 Å². The quantitative estimate of drug-likeness (QED) is 0.446. The lowest BCUT2D eigenvalue weighted by Crippen LogP contribution is -2.15. The minimum absolute atomic E-state index is 0.144. The summed E-state index contributed by atoms with van der Waals surface area (Å²) in [6, 6.07) is 2.25. The lowest BCUT2D eigenvalue weighted by Gasteiger charge is -2.10. The second-order valence-corrected chi connectivity index (χ2v) is 6.06. The van der Waals surface area contributed by atoms with Crippen molar-refractivity contribution in [2.75, 3.05) is 6.61 Å². The molecule has 0 spiro atoms. The van der Waals surface area contributed by atoms with E-state index in [9.17, 15) is 0 Å². The molecule has 1 aliphatic rings. The molecule has 22 heavy (non-hydrogen) atoms. The van der Waals surface area contributed by atoms with Gasteiger partial charge in [0.25, 0.3) is 0 Å². The Hall–Kier alpha value is -1.47. The molecule has 120 valence electrons. The van der Waals surface area contributed by atoms with Crippen LogP contribution in [0.1, 0.15) is 32.7 Å². The first-order valence-electron chi connectivity index (χ1n) is 7.02. The zero-order valence-electron chi connectivity index (χ0n) is 12.6. The Labute approximate surface area is 133 Å². The standard InChI is InChI=1S/C12H12ClN3O.C3H8O2/c13-12-14-6-9-3-4-16(11(9)15-12)10-2-1-8(5-10)7-17;1-3(2,4)5/h3-6,10,17H,1-2,7H2;4-5H,1-2H3. The number of allylic oxidation sites excluding steroid dienone is 1. The van der Waals surface area contributed by atoms with Crippen molar-refractivity contribution in [1.82, 2.24) is 14.5 Å². The van der Waals surface area contributed by atoms with Gasteiger partial charge < -0.3 is 19.9 Å². The smallest absolute Gasteiger partial charge is 0.224 e. The molecule has 3 rings (SSSR count). The number of aliphatic hydroxyl groups excluding tert-OH is 1. The Morgan fingerprint density at radius 3 is 2.68 bits per heavy atom. The van der Waals surface area contributed by atoms with E-state index in [1.165, 1.54) is 13.8 Å². The van der Waals surface area contributed by atoms with Crippen LogP contribution in [0.15, 0.2) is 30.1 Å². The average molecular weight is 326 g/mol. The SMILES string of the molecule is CC(C)(O)O.OCC1=CC(n2ccc3cnc(Cl)nc32)CC1. The Balaban J connectivity index is 0.000000309. The van der Waals surface area contributed by atoms with Gasteiger partial charge in [0.15, 0.2) is 5.79 Å². The predicted octanol–water partition coefficient (Wildman–Crippen LogP) is 2.05. The summed E-state index contributed by atoms with van der Waals surface area (Å²) >= 11 is 5.82. The van der Waals surface area contributed by atoms with Crippen LogP contribution in [0.4, 0.5) is 0 Å². The van der Waals surface area contributed by atoms with Gasteiger partial charge in [-0.3, -0.25) is 0 Å². The van der Waals surface area contributed by atoms with Crippen LogP contribution in [0.2, 0.25) is 5.28 Å². The minimum Gasteiger partial charge on any atom is -0.392 e. The monoisotopic (exact) mass is 325 g/mol. The molecule has 6 nitrogen and oxygen atoms in total. The van der Waals surface area contributed by atoms with Crippen LogP contribution in [-0.4, -0.2) is 42.2 Å². The fourth-order valence-corrected chi connectivity index (χ4v) is 2.44. The lowest BCUT2D eigenvalue weighted by atomic mass is 10.2. The summed E-state index contributed by atoms with van der Waals surface area (Å²) in [4.78, 5) is 8.22. The van der Waals surface area contributed by atoms with E-state index in [1.807, 2.05) is 12.3 Å². The molecule has 2 heterocycles. The minimum atomic E-state index is -1.50. The highest BCUT2D eigenvalue weighted by atomic mass is 35.5. The topological polar surface area (TPSA) is 91.4 Å². The number of rotatable bonds is 2. The Morgan fingerprint density at radius 2 is 2.09 bits per heavy atom. The molecule has 0 fully saturated rings. The Kier molecular flexibility index (Phi) is 5.18. The van der Waals surface area contributed by atoms with E-state index in [-0.39, 0.29) is 17.9 Å². The average Bonchev–Trinajstić information content (AvgIpc) is 3.01. The molecule has 0 saturated carbocycles. The summed E-state index contributed by atoms with van der Waals surface area (Å²) in [7, 11) is 0. The summed E-state index contributed by atoms with van der Waals surface area (Å²) in [6.07, 6.45) is 7.78. The van der Waals surface area contributed by atoms with Gasteiger partial charge in [-0.25, -0.2) is 4.98 Å². The fraction of sp³-hybridized carbons (Fsp3) is 0.467. The third kappa shape index (κ3) is 4.51. The molecule has 0 aromatic carbocycles. The number of halogens is 1. The number of aromatic nitrogens is 3. The van der Waals surface area contributed by atoms with E-state index >= 15 is 0 Å². The highest BCUT2D eigenvalue weighted by molar-refractivity contribution is 6.28. The third-order valence-electron chi connectivity index (χ3n) is 3.18. The van der Waals surface area contributed by atoms with Crippen molar-refractivity contribution in [3.05, 3.63) is 35.4 Å². The summed E-state index contributed by atoms with van der Waals surface area (Å²) in [5.74, 6) is -1.50. The van der Waals surface area contributed by atoms with Crippen LogP contribution in [0.5, 0.6) is 0 Å². The van der Waals surface area contributed by atoms with Crippen molar-refractivity contribution in [2.24, 2.45) is 0 Å². The maximum atomic E-state index is 9.11. The number of aliphatic hydroxyl groups is 3. The first-order valence-corrected chi connectivity index (χ1v) is 7.40. The van der Waals surface area contributed by atoms with Gasteiger partial charge in [-0.2, -0.15) is 4.98 Å². The molecule has 0 bridgehead atoms. The van der Waals surface area contributed by atoms with Crippen LogP contribution in [0, 0.1) is 0 Å². The van der Waals surface area contributed by atoms with Gasteiger partial charge in [0.1, 0.15) is 5.65 Å². The first kappa shape index (κ1) is 16.9. The highest BCUT2D eigenvalue weighted by Gasteiger charge is 2.18. The maximum Gasteiger partial charge on any atom is 0.224 e. The molecular weight excluding hydrogens is 306 g/mol. The molecule has 2 aromatic heterocycles. The normalized spacial score (nSPS) is 18.1. The van der Waals surface area contributed by atoms with E-state index in [4.69, 9.17) is 26.9 Å². The van der Waals surface area contributed by atoms with Gasteiger partial charge >= 0.3 is 0 Å². The van der Waals surface area contributed by atoms with Crippen LogP contribution < -0.4 is 0 Å². The first-order chi connectivity index (χ1) is 10.3. The molecular formula is C15H20ClN3O3. The third-order valence-corrected chi connectivity index (χ3v) is 3.36. The summed E-state index contributed by atoms with van der Waals surface area (Å²) in [5, 5.41) is 26.5. The van der Waals surface area contributed by atoms with Crippen molar-refractivity contribution in [1.29, 1.82) is 0 Å². The van der Waals surface area contributed by atoms with Crippen LogP contribution >= 0.6 is 11.6 Å². The molecule has 0 aliphatic heterocycles. The molecule has 1 unspecified atom stereocenters. The predicted molar refractivity (Wildman–Crippen MR) is 84.5 cm³/mol. The number of nitrogens with zero attached hydrogens (tertiary/aromatic N) is 3. The van der Waals surface area contributed by atoms with Gasteiger partial charge in [0, 0.05) is 17.8 Å². The zero-order chi connectivity index (χ0) is 16.3. The molecule has 0 amide bonds. The summed E-state index contributed by atoms with van der Waals surface area (Å²) in [5.41, 5.74) is 1.95. The van der Waals surface area contributed by atoms with E-state index in [0.29, 0.717) is 0 Å². The maximum absolute atomic E-state index is 9.11. The number of hydrogen-bond donors (Lipinski definition) is 3. The number of fused-ring (bicyclic) bond motifs is 1. The van der Waals surface area contributed by atoms with Gasteiger partial charge in [-0.15, -0.1) is 0 Å². The second-order valence-electron chi connectivity index (χ2n) is 5.72. The molecule has 2 aromatic rings. The van der Waals surface area contributed by atoms with Gasteiger partial charge in [0.05, 0.1) is 12.6 Å². The molecule has 7 heteroatoms. The van der Waals surface area contributed by atoms with Crippen LogP contribution in [0.3, 0.4) is 0 Å². The van der Waals surface area contributed by atoms with Crippen molar-refractivity contribution in [3.63, 3.8) is 0 Å². The van der Waals surface area contributed by atoms with Gasteiger partial charge in [0.2, 0.25) is 5.28 Å². The van der Waals surface area contributed by atoms with Crippen molar-refractivity contribution in [2.45, 2.75) is 38.5 Å². The van der Waals surface area contributed by atoms with Gasteiger partial charge in [-0.1, -0.05) is 6.08 Å². The van der Waals surface area contributed by atoms with Crippen LogP contribution in [0.25, 0.3) is 11.0 Å². The number of hydrogen-bond acceptors (Lipinski definition) is 5. The molecule has 0 radical (unpaired) electrons. The summed E-state index contributed by atoms with van der Waals surface area (Å²) in [6.45, 7) is 2.74. The Morgan fingerprint density at radius 1 is 1.41 bits per heavy atom. The lowest BCUT2D eigenvalue weighted by molar-refractivity contribution is -0.127. The molecule has 1 atom stereocenters. The van der Waals surface area contributed by atoms with Gasteiger partial charge in [-0.05, 0) is 49.9 Å². The van der Waals surface area contributed by atoms with E-state index in [1.54, 1.807) is 6.20 Å². The van der Waals surface area contributed by atoms with E-state index < -0.39 is 5.79 Å². The van der Waals surface area contributed by atoms with E-state index in [0.717, 1.165) is 29.4 Å².